The molecule has 0 saturated heterocycles. The summed E-state index contributed by atoms with van der Waals surface area (Å²) in [5.74, 6) is 0.595. The largest absolute Gasteiger partial charge is 0.487 e. The van der Waals surface area contributed by atoms with E-state index in [9.17, 15) is 15.2 Å². The van der Waals surface area contributed by atoms with Crippen molar-refractivity contribution >= 4 is 5.69 Å². The van der Waals surface area contributed by atoms with E-state index >= 15 is 0 Å². The zero-order valence-electron chi connectivity index (χ0n) is 11.6. The Balaban J connectivity index is 2.01. The van der Waals surface area contributed by atoms with Crippen molar-refractivity contribution in [1.29, 1.82) is 0 Å². The molecule has 3 atom stereocenters. The molecule has 0 radical (unpaired) electrons. The van der Waals surface area contributed by atoms with Crippen LogP contribution in [0.25, 0.3) is 0 Å². The Kier molecular flexibility index (Phi) is 4.57. The molecule has 110 valence electrons. The van der Waals surface area contributed by atoms with Gasteiger partial charge in [0.05, 0.1) is 11.0 Å². The first-order valence-electron chi connectivity index (χ1n) is 6.74. The monoisotopic (exact) mass is 281 g/mol. The topological polar surface area (TPSA) is 81.8 Å². The van der Waals surface area contributed by atoms with Crippen molar-refractivity contribution in [3.05, 3.63) is 33.9 Å². The van der Waals surface area contributed by atoms with Crippen LogP contribution in [0.3, 0.4) is 0 Å². The predicted octanol–water partition coefficient (Wildman–Crippen LogP) is 2.21. The van der Waals surface area contributed by atoms with Crippen LogP contribution < -0.4 is 4.74 Å². The van der Waals surface area contributed by atoms with Gasteiger partial charge in [0.25, 0.3) is 5.69 Å². The average Bonchev–Trinajstić information content (AvgIpc) is 2.40. The second-order valence-electron chi connectivity index (χ2n) is 5.00. The smallest absolute Gasteiger partial charge is 0.269 e. The molecule has 0 amide bonds. The fraction of sp³-hybridized carbons (Fsp3) is 0.571. The fourth-order valence-corrected chi connectivity index (χ4v) is 2.19. The molecule has 0 heterocycles. The van der Waals surface area contributed by atoms with Crippen LogP contribution in [-0.4, -0.2) is 34.9 Å². The molecule has 1 aliphatic carbocycles. The molecule has 0 spiro atoms. The summed E-state index contributed by atoms with van der Waals surface area (Å²) < 4.78 is 11.3. The number of aryl methyl sites for hydroxylation is 1. The molecule has 3 unspecified atom stereocenters. The molecule has 6 nitrogen and oxygen atoms in total. The summed E-state index contributed by atoms with van der Waals surface area (Å²) in [7, 11) is 0. The SMILES string of the molecule is CCCOC1C(O)CC1Oc1ccc([N+](=O)[O-])cc1C. The van der Waals surface area contributed by atoms with Crippen LogP contribution in [0, 0.1) is 17.0 Å². The van der Waals surface area contributed by atoms with Crippen LogP contribution in [0.4, 0.5) is 5.69 Å². The van der Waals surface area contributed by atoms with Gasteiger partial charge in [-0.1, -0.05) is 6.92 Å². The van der Waals surface area contributed by atoms with Crippen molar-refractivity contribution in [2.75, 3.05) is 6.61 Å². The molecule has 1 aromatic carbocycles. The molecule has 6 heteroatoms. The Morgan fingerprint density at radius 1 is 1.50 bits per heavy atom. The van der Waals surface area contributed by atoms with E-state index < -0.39 is 11.0 Å². The second-order valence-corrected chi connectivity index (χ2v) is 5.00. The molecule has 20 heavy (non-hydrogen) atoms. The summed E-state index contributed by atoms with van der Waals surface area (Å²) in [6.45, 7) is 4.35. The predicted molar refractivity (Wildman–Crippen MR) is 72.9 cm³/mol. The lowest BCUT2D eigenvalue weighted by Crippen LogP contribution is -2.55. The van der Waals surface area contributed by atoms with Gasteiger partial charge in [0.15, 0.2) is 0 Å². The summed E-state index contributed by atoms with van der Waals surface area (Å²) in [4.78, 5) is 10.2. The summed E-state index contributed by atoms with van der Waals surface area (Å²) in [6.07, 6.45) is 0.392. The molecule has 0 aliphatic heterocycles. The van der Waals surface area contributed by atoms with E-state index in [1.54, 1.807) is 13.0 Å². The molecule has 2 rings (SSSR count). The first-order chi connectivity index (χ1) is 9.52. The number of ether oxygens (including phenoxy) is 2. The van der Waals surface area contributed by atoms with Gasteiger partial charge in [0.2, 0.25) is 0 Å². The third-order valence-electron chi connectivity index (χ3n) is 3.38. The van der Waals surface area contributed by atoms with Crippen molar-refractivity contribution < 1.29 is 19.5 Å². The first-order valence-corrected chi connectivity index (χ1v) is 6.74. The first kappa shape index (κ1) is 14.7. The van der Waals surface area contributed by atoms with Gasteiger partial charge in [-0.2, -0.15) is 0 Å². The number of hydrogen-bond acceptors (Lipinski definition) is 5. The van der Waals surface area contributed by atoms with E-state index in [-0.39, 0.29) is 17.9 Å². The lowest BCUT2D eigenvalue weighted by Gasteiger charge is -2.41. The molecule has 1 N–H and O–H groups in total. The van der Waals surface area contributed by atoms with Gasteiger partial charge >= 0.3 is 0 Å². The Morgan fingerprint density at radius 3 is 2.80 bits per heavy atom. The van der Waals surface area contributed by atoms with E-state index in [4.69, 9.17) is 9.47 Å². The number of aliphatic hydroxyl groups is 1. The molecule has 1 saturated carbocycles. The zero-order valence-corrected chi connectivity index (χ0v) is 11.6. The van der Waals surface area contributed by atoms with Crippen LogP contribution in [0.5, 0.6) is 5.75 Å². The van der Waals surface area contributed by atoms with Crippen molar-refractivity contribution in [1.82, 2.24) is 0 Å². The Labute approximate surface area is 117 Å². The summed E-state index contributed by atoms with van der Waals surface area (Å²) in [6, 6.07) is 4.49. The maximum absolute atomic E-state index is 10.7. The van der Waals surface area contributed by atoms with Crippen LogP contribution in [0.15, 0.2) is 18.2 Å². The Hall–Kier alpha value is -1.66. The van der Waals surface area contributed by atoms with Gasteiger partial charge < -0.3 is 14.6 Å². The number of rotatable bonds is 6. The minimum atomic E-state index is -0.495. The fourth-order valence-electron chi connectivity index (χ4n) is 2.19. The lowest BCUT2D eigenvalue weighted by molar-refractivity contribution is -0.384. The van der Waals surface area contributed by atoms with Crippen molar-refractivity contribution in [2.24, 2.45) is 0 Å². The van der Waals surface area contributed by atoms with Crippen molar-refractivity contribution in [3.63, 3.8) is 0 Å². The average molecular weight is 281 g/mol. The van der Waals surface area contributed by atoms with Crippen LogP contribution in [0.2, 0.25) is 0 Å². The molecular weight excluding hydrogens is 262 g/mol. The van der Waals surface area contributed by atoms with Gasteiger partial charge in [0, 0.05) is 25.2 Å². The highest BCUT2D eigenvalue weighted by Crippen LogP contribution is 2.31. The summed E-state index contributed by atoms with van der Waals surface area (Å²) in [5, 5.41) is 20.4. The maximum Gasteiger partial charge on any atom is 0.269 e. The van der Waals surface area contributed by atoms with Crippen LogP contribution in [-0.2, 0) is 4.74 Å². The maximum atomic E-state index is 10.7. The highest BCUT2D eigenvalue weighted by molar-refractivity contribution is 5.43. The van der Waals surface area contributed by atoms with E-state index in [1.165, 1.54) is 12.1 Å². The standard InChI is InChI=1S/C14H19NO5/c1-3-6-19-14-11(16)8-13(14)20-12-5-4-10(15(17)18)7-9(12)2/h4-5,7,11,13-14,16H,3,6,8H2,1-2H3. The number of aliphatic hydroxyl groups excluding tert-OH is 1. The van der Waals surface area contributed by atoms with Gasteiger partial charge in [-0.15, -0.1) is 0 Å². The molecule has 0 aromatic heterocycles. The van der Waals surface area contributed by atoms with Crippen molar-refractivity contribution in [2.45, 2.75) is 45.0 Å². The van der Waals surface area contributed by atoms with Gasteiger partial charge in [0.1, 0.15) is 18.0 Å². The zero-order chi connectivity index (χ0) is 14.7. The quantitative estimate of drug-likeness (QED) is 0.638. The number of nitrogens with zero attached hydrogens (tertiary/aromatic N) is 1. The van der Waals surface area contributed by atoms with Gasteiger partial charge in [-0.05, 0) is 25.0 Å². The Bertz CT molecular complexity index is 490. The number of hydrogen-bond donors (Lipinski definition) is 1. The van der Waals surface area contributed by atoms with E-state index in [0.717, 1.165) is 6.42 Å². The molecule has 1 fully saturated rings. The lowest BCUT2D eigenvalue weighted by atomic mass is 9.88. The molecule has 1 aliphatic rings. The minimum Gasteiger partial charge on any atom is -0.487 e. The molecule has 1 aromatic rings. The third-order valence-corrected chi connectivity index (χ3v) is 3.38. The molecular formula is C14H19NO5. The van der Waals surface area contributed by atoms with Gasteiger partial charge in [-0.3, -0.25) is 10.1 Å². The highest BCUT2D eigenvalue weighted by Gasteiger charge is 2.43. The minimum absolute atomic E-state index is 0.0438. The summed E-state index contributed by atoms with van der Waals surface area (Å²) in [5.41, 5.74) is 0.747. The second kappa shape index (κ2) is 6.19. The third kappa shape index (κ3) is 3.08. The highest BCUT2D eigenvalue weighted by atomic mass is 16.6. The number of benzene rings is 1. The summed E-state index contributed by atoms with van der Waals surface area (Å²) >= 11 is 0. The van der Waals surface area contributed by atoms with Crippen molar-refractivity contribution in [3.8, 4) is 5.75 Å². The van der Waals surface area contributed by atoms with E-state index in [0.29, 0.717) is 24.3 Å². The van der Waals surface area contributed by atoms with Crippen LogP contribution >= 0.6 is 0 Å². The van der Waals surface area contributed by atoms with Crippen LogP contribution in [0.1, 0.15) is 25.3 Å². The number of nitro groups is 1. The normalized spacial score (nSPS) is 25.1. The van der Waals surface area contributed by atoms with E-state index in [2.05, 4.69) is 0 Å². The van der Waals surface area contributed by atoms with Gasteiger partial charge in [-0.25, -0.2) is 0 Å². The number of nitro benzene ring substituents is 1. The number of non-ortho nitro benzene ring substituents is 1. The van der Waals surface area contributed by atoms with E-state index in [1.807, 2.05) is 6.92 Å². The molecule has 0 bridgehead atoms. The Morgan fingerprint density at radius 2 is 2.25 bits per heavy atom.